The second kappa shape index (κ2) is 8.70. The van der Waals surface area contributed by atoms with Crippen molar-refractivity contribution in [2.24, 2.45) is 5.41 Å². The van der Waals surface area contributed by atoms with Gasteiger partial charge >= 0.3 is 0 Å². The molecule has 0 aromatic heterocycles. The van der Waals surface area contributed by atoms with Crippen molar-refractivity contribution >= 4 is 5.78 Å². The molecule has 112 valence electrons. The van der Waals surface area contributed by atoms with Crippen LogP contribution in [-0.4, -0.2) is 22.3 Å². The number of ketones is 1. The number of carbonyl (C=O) groups excluding carboxylic acids is 1. The molecule has 1 rings (SSSR count). The molecule has 0 aromatic carbocycles. The van der Waals surface area contributed by atoms with Crippen molar-refractivity contribution in [3.63, 3.8) is 0 Å². The van der Waals surface area contributed by atoms with E-state index in [-0.39, 0.29) is 5.78 Å². The summed E-state index contributed by atoms with van der Waals surface area (Å²) in [6, 6.07) is 0. The zero-order chi connectivity index (χ0) is 14.1. The van der Waals surface area contributed by atoms with Gasteiger partial charge in [0.1, 0.15) is 5.78 Å². The number of hydrogen-bond donors (Lipinski definition) is 2. The van der Waals surface area contributed by atoms with E-state index in [1.807, 2.05) is 0 Å². The summed E-state index contributed by atoms with van der Waals surface area (Å²) < 4.78 is 0. The molecule has 1 aliphatic rings. The summed E-state index contributed by atoms with van der Waals surface area (Å²) in [5.74, 6) is 0.148. The average molecular weight is 270 g/mol. The Hall–Kier alpha value is -0.410. The van der Waals surface area contributed by atoms with Gasteiger partial charge < -0.3 is 15.0 Å². The van der Waals surface area contributed by atoms with Gasteiger partial charge in [0.25, 0.3) is 0 Å². The Bertz CT molecular complexity index is 249. The van der Waals surface area contributed by atoms with Crippen LogP contribution in [-0.2, 0) is 4.79 Å². The molecule has 2 N–H and O–H groups in total. The lowest BCUT2D eigenvalue weighted by molar-refractivity contribution is -0.149. The highest BCUT2D eigenvalue weighted by Gasteiger charge is 2.36. The van der Waals surface area contributed by atoms with Gasteiger partial charge in [-0.05, 0) is 26.2 Å². The Kier molecular flexibility index (Phi) is 7.62. The number of rotatable bonds is 4. The Balaban J connectivity index is 2.66. The summed E-state index contributed by atoms with van der Waals surface area (Å²) in [4.78, 5) is 11.2. The first kappa shape index (κ1) is 16.6. The fourth-order valence-electron chi connectivity index (χ4n) is 3.20. The minimum atomic E-state index is -1.28. The maximum Gasteiger partial charge on any atom is 0.157 e. The third-order valence-corrected chi connectivity index (χ3v) is 4.62. The smallest absolute Gasteiger partial charge is 0.157 e. The topological polar surface area (TPSA) is 57.5 Å². The first-order valence-electron chi connectivity index (χ1n) is 7.92. The second-order valence-electron chi connectivity index (χ2n) is 6.27. The zero-order valence-electron chi connectivity index (χ0n) is 12.4. The molecule has 0 heterocycles. The van der Waals surface area contributed by atoms with E-state index in [0.717, 1.165) is 25.7 Å². The molecule has 1 fully saturated rings. The molecule has 0 spiro atoms. The summed E-state index contributed by atoms with van der Waals surface area (Å²) in [5, 5.41) is 19.7. The zero-order valence-corrected chi connectivity index (χ0v) is 12.4. The van der Waals surface area contributed by atoms with Gasteiger partial charge in [0.2, 0.25) is 0 Å². The lowest BCUT2D eigenvalue weighted by Crippen LogP contribution is -2.36. The van der Waals surface area contributed by atoms with E-state index in [9.17, 15) is 15.0 Å². The molecule has 1 saturated carbocycles. The van der Waals surface area contributed by atoms with Gasteiger partial charge in [-0.1, -0.05) is 51.4 Å². The maximum absolute atomic E-state index is 11.2. The van der Waals surface area contributed by atoms with Gasteiger partial charge in [0, 0.05) is 11.8 Å². The average Bonchev–Trinajstić information content (AvgIpc) is 2.41. The van der Waals surface area contributed by atoms with E-state index in [2.05, 4.69) is 0 Å². The van der Waals surface area contributed by atoms with Crippen molar-refractivity contribution < 1.29 is 15.0 Å². The largest absolute Gasteiger partial charge is 0.368 e. The lowest BCUT2D eigenvalue weighted by Gasteiger charge is -2.35. The van der Waals surface area contributed by atoms with Crippen LogP contribution < -0.4 is 0 Å². The molecule has 0 unspecified atom stereocenters. The quantitative estimate of drug-likeness (QED) is 0.768. The van der Waals surface area contributed by atoms with E-state index < -0.39 is 11.7 Å². The van der Waals surface area contributed by atoms with E-state index >= 15 is 0 Å². The molecule has 0 bridgehead atoms. The van der Waals surface area contributed by atoms with Crippen LogP contribution in [0.3, 0.4) is 0 Å². The summed E-state index contributed by atoms with van der Waals surface area (Å²) in [6.07, 6.45) is 11.1. The Morgan fingerprint density at radius 2 is 1.37 bits per heavy atom. The molecule has 0 saturated heterocycles. The van der Waals surface area contributed by atoms with Crippen LogP contribution in [0, 0.1) is 5.41 Å². The van der Waals surface area contributed by atoms with Crippen LogP contribution in [0.2, 0.25) is 0 Å². The lowest BCUT2D eigenvalue weighted by atomic mass is 9.73. The van der Waals surface area contributed by atoms with Gasteiger partial charge in [-0.2, -0.15) is 0 Å². The first-order chi connectivity index (χ1) is 9.07. The molecule has 19 heavy (non-hydrogen) atoms. The molecule has 3 nitrogen and oxygen atoms in total. The number of carbonyl (C=O) groups is 1. The van der Waals surface area contributed by atoms with Gasteiger partial charge in [-0.15, -0.1) is 0 Å². The van der Waals surface area contributed by atoms with Crippen molar-refractivity contribution in [2.45, 2.75) is 90.3 Å². The SMILES string of the molecule is CC(=O)CCC1(C(O)O)CCCCCCCCCC1. The summed E-state index contributed by atoms with van der Waals surface area (Å²) >= 11 is 0. The van der Waals surface area contributed by atoms with Crippen molar-refractivity contribution in [3.05, 3.63) is 0 Å². The van der Waals surface area contributed by atoms with Crippen molar-refractivity contribution in [3.8, 4) is 0 Å². The number of Topliss-reactive ketones (excluding diaryl/α,β-unsaturated/α-hetero) is 1. The highest BCUT2D eigenvalue weighted by molar-refractivity contribution is 5.75. The van der Waals surface area contributed by atoms with Crippen LogP contribution in [0.1, 0.15) is 84.0 Å². The van der Waals surface area contributed by atoms with Gasteiger partial charge in [-0.25, -0.2) is 0 Å². The minimum Gasteiger partial charge on any atom is -0.368 e. The number of aliphatic hydroxyl groups excluding tert-OH is 1. The predicted molar refractivity (Wildman–Crippen MR) is 76.7 cm³/mol. The highest BCUT2D eigenvalue weighted by atomic mass is 16.5. The third-order valence-electron chi connectivity index (χ3n) is 4.62. The Morgan fingerprint density at radius 1 is 0.947 bits per heavy atom. The monoisotopic (exact) mass is 270 g/mol. The Morgan fingerprint density at radius 3 is 1.74 bits per heavy atom. The van der Waals surface area contributed by atoms with Crippen molar-refractivity contribution in [2.75, 3.05) is 0 Å². The van der Waals surface area contributed by atoms with E-state index in [4.69, 9.17) is 0 Å². The van der Waals surface area contributed by atoms with Crippen LogP contribution >= 0.6 is 0 Å². The van der Waals surface area contributed by atoms with Crippen LogP contribution in [0.5, 0.6) is 0 Å². The first-order valence-corrected chi connectivity index (χ1v) is 7.92. The molecular weight excluding hydrogens is 240 g/mol. The standard InChI is InChI=1S/C16H30O3/c1-14(17)10-13-16(15(18)19)11-8-6-4-2-3-5-7-9-12-16/h15,18-19H,2-13H2,1H3. The number of aliphatic hydroxyl groups is 2. The van der Waals surface area contributed by atoms with Gasteiger partial charge in [0.15, 0.2) is 6.29 Å². The minimum absolute atomic E-state index is 0.148. The van der Waals surface area contributed by atoms with Gasteiger partial charge in [0.05, 0.1) is 0 Å². The van der Waals surface area contributed by atoms with E-state index in [1.54, 1.807) is 6.92 Å². The molecule has 0 aromatic rings. The normalized spacial score (nSPS) is 21.9. The van der Waals surface area contributed by atoms with Crippen LogP contribution in [0.4, 0.5) is 0 Å². The predicted octanol–water partition coefficient (Wildman–Crippen LogP) is 3.57. The fraction of sp³-hybridized carbons (Fsp3) is 0.938. The molecule has 0 atom stereocenters. The number of hydrogen-bond acceptors (Lipinski definition) is 3. The third kappa shape index (κ3) is 6.05. The van der Waals surface area contributed by atoms with E-state index in [1.165, 1.54) is 38.5 Å². The fourth-order valence-corrected chi connectivity index (χ4v) is 3.20. The molecular formula is C16H30O3. The molecule has 3 heteroatoms. The molecule has 0 aliphatic heterocycles. The summed E-state index contributed by atoms with van der Waals surface area (Å²) in [7, 11) is 0. The van der Waals surface area contributed by atoms with Crippen molar-refractivity contribution in [1.29, 1.82) is 0 Å². The van der Waals surface area contributed by atoms with Crippen LogP contribution in [0.25, 0.3) is 0 Å². The van der Waals surface area contributed by atoms with E-state index in [0.29, 0.717) is 12.8 Å². The summed E-state index contributed by atoms with van der Waals surface area (Å²) in [5.41, 5.74) is -0.448. The molecule has 0 amide bonds. The maximum atomic E-state index is 11.2. The summed E-state index contributed by atoms with van der Waals surface area (Å²) in [6.45, 7) is 1.59. The highest BCUT2D eigenvalue weighted by Crippen LogP contribution is 2.39. The second-order valence-corrected chi connectivity index (χ2v) is 6.27. The molecule has 1 aliphatic carbocycles. The van der Waals surface area contributed by atoms with Crippen LogP contribution in [0.15, 0.2) is 0 Å². The van der Waals surface area contributed by atoms with Gasteiger partial charge in [-0.3, -0.25) is 0 Å². The van der Waals surface area contributed by atoms with Crippen molar-refractivity contribution in [1.82, 2.24) is 0 Å². The Labute approximate surface area is 117 Å². The molecule has 0 radical (unpaired) electrons.